The molecule has 2 unspecified atom stereocenters. The Balaban J connectivity index is 1.67. The number of fused-ring (bicyclic) bond motifs is 5. The molecule has 0 aliphatic heterocycles. The lowest BCUT2D eigenvalue weighted by Gasteiger charge is -2.60. The molecule has 1 N–H and O–H groups in total. The van der Waals surface area contributed by atoms with Crippen molar-refractivity contribution in [2.24, 2.45) is 34.5 Å². The van der Waals surface area contributed by atoms with E-state index in [9.17, 15) is 14.7 Å². The van der Waals surface area contributed by atoms with E-state index in [1.807, 2.05) is 0 Å². The third-order valence-electron chi connectivity index (χ3n) is 8.27. The van der Waals surface area contributed by atoms with Crippen LogP contribution in [0, 0.1) is 34.5 Å². The molecule has 0 radical (unpaired) electrons. The Hall–Kier alpha value is -0.700. The van der Waals surface area contributed by atoms with E-state index in [2.05, 4.69) is 13.8 Å². The maximum atomic E-state index is 12.4. The molecule has 0 aromatic carbocycles. The average molecular weight is 304 g/mol. The van der Waals surface area contributed by atoms with E-state index in [-0.39, 0.29) is 22.5 Å². The third kappa shape index (κ3) is 1.72. The highest BCUT2D eigenvalue weighted by Gasteiger charge is 2.61. The van der Waals surface area contributed by atoms with Crippen LogP contribution in [0.25, 0.3) is 0 Å². The number of hydrogen-bond acceptors (Lipinski definition) is 3. The van der Waals surface area contributed by atoms with E-state index in [0.717, 1.165) is 44.9 Å². The molecule has 3 nitrogen and oxygen atoms in total. The van der Waals surface area contributed by atoms with Crippen molar-refractivity contribution in [3.05, 3.63) is 0 Å². The molecule has 7 atom stereocenters. The molecule has 4 aliphatic rings. The van der Waals surface area contributed by atoms with Crippen molar-refractivity contribution in [2.45, 2.75) is 71.3 Å². The summed E-state index contributed by atoms with van der Waals surface area (Å²) >= 11 is 0. The summed E-state index contributed by atoms with van der Waals surface area (Å²) in [6.45, 7) is 4.53. The fraction of sp³-hybridized carbons (Fsp3) is 0.895. The first kappa shape index (κ1) is 14.9. The topological polar surface area (TPSA) is 54.4 Å². The molecule has 4 aliphatic carbocycles. The van der Waals surface area contributed by atoms with Gasteiger partial charge in [-0.3, -0.25) is 9.59 Å². The molecule has 3 heteroatoms. The van der Waals surface area contributed by atoms with Crippen LogP contribution >= 0.6 is 0 Å². The van der Waals surface area contributed by atoms with Gasteiger partial charge in [0.05, 0.1) is 0 Å². The standard InChI is InChI=1S/C19H28O3/c1-18-10-8-15(20)17(22)14(18)4-3-11-12-5-6-16(21)19(12,2)9-7-13(11)18/h11-14,17,22H,3-10H2,1-2H3/t11-,12-,13-,14?,17?,18+,19-/m0/s1. The SMILES string of the molecule is C[C@]12CCC(=O)C(O)C1CC[C@@H]1[C@@H]2CC[C@]2(C)C(=O)CC[C@@H]12. The minimum atomic E-state index is -0.738. The second-order valence-corrected chi connectivity index (χ2v) is 8.90. The number of aliphatic hydroxyl groups excluding tert-OH is 1. The minimum absolute atomic E-state index is 0.0533. The van der Waals surface area contributed by atoms with Gasteiger partial charge in [-0.2, -0.15) is 0 Å². The van der Waals surface area contributed by atoms with Gasteiger partial charge in [-0.05, 0) is 67.6 Å². The lowest BCUT2D eigenvalue weighted by molar-refractivity contribution is -0.162. The first-order valence-corrected chi connectivity index (χ1v) is 9.12. The smallest absolute Gasteiger partial charge is 0.161 e. The van der Waals surface area contributed by atoms with E-state index >= 15 is 0 Å². The summed E-state index contributed by atoms with van der Waals surface area (Å²) in [7, 11) is 0. The Kier molecular flexibility index (Phi) is 3.15. The molecular formula is C19H28O3. The van der Waals surface area contributed by atoms with Crippen LogP contribution in [0.1, 0.15) is 65.2 Å². The summed E-state index contributed by atoms with van der Waals surface area (Å²) in [4.78, 5) is 24.3. The van der Waals surface area contributed by atoms with E-state index in [1.54, 1.807) is 0 Å². The van der Waals surface area contributed by atoms with Crippen LogP contribution in [0.15, 0.2) is 0 Å². The first-order valence-electron chi connectivity index (χ1n) is 9.12. The lowest BCUT2D eigenvalue weighted by atomic mass is 9.45. The number of carbonyl (C=O) groups is 2. The van der Waals surface area contributed by atoms with E-state index in [4.69, 9.17) is 0 Å². The van der Waals surface area contributed by atoms with Gasteiger partial charge in [-0.15, -0.1) is 0 Å². The Morgan fingerprint density at radius 3 is 2.45 bits per heavy atom. The molecule has 22 heavy (non-hydrogen) atoms. The van der Waals surface area contributed by atoms with Crippen molar-refractivity contribution in [1.82, 2.24) is 0 Å². The number of carbonyl (C=O) groups excluding carboxylic acids is 2. The summed E-state index contributed by atoms with van der Waals surface area (Å²) in [6.07, 6.45) is 6.77. The minimum Gasteiger partial charge on any atom is -0.385 e. The van der Waals surface area contributed by atoms with Crippen LogP contribution < -0.4 is 0 Å². The molecule has 0 aromatic rings. The maximum Gasteiger partial charge on any atom is 0.161 e. The molecular weight excluding hydrogens is 276 g/mol. The van der Waals surface area contributed by atoms with Crippen LogP contribution in [0.2, 0.25) is 0 Å². The molecule has 0 bridgehead atoms. The number of Topliss-reactive ketones (excluding diaryl/α,β-unsaturated/α-hetero) is 2. The third-order valence-corrected chi connectivity index (χ3v) is 8.27. The second kappa shape index (κ2) is 4.66. The highest BCUT2D eigenvalue weighted by Crippen LogP contribution is 2.65. The lowest BCUT2D eigenvalue weighted by Crippen LogP contribution is -2.57. The monoisotopic (exact) mass is 304 g/mol. The van der Waals surface area contributed by atoms with Gasteiger partial charge < -0.3 is 5.11 Å². The van der Waals surface area contributed by atoms with Gasteiger partial charge in [0.15, 0.2) is 5.78 Å². The van der Waals surface area contributed by atoms with Gasteiger partial charge in [0.1, 0.15) is 11.9 Å². The Morgan fingerprint density at radius 1 is 0.909 bits per heavy atom. The van der Waals surface area contributed by atoms with Crippen molar-refractivity contribution in [3.8, 4) is 0 Å². The number of hydrogen-bond donors (Lipinski definition) is 1. The van der Waals surface area contributed by atoms with Gasteiger partial charge in [0, 0.05) is 18.3 Å². The summed E-state index contributed by atoms with van der Waals surface area (Å²) in [5.74, 6) is 2.47. The molecule has 122 valence electrons. The highest BCUT2D eigenvalue weighted by molar-refractivity contribution is 5.87. The Morgan fingerprint density at radius 2 is 1.68 bits per heavy atom. The quantitative estimate of drug-likeness (QED) is 0.748. The summed E-state index contributed by atoms with van der Waals surface area (Å²) in [5, 5.41) is 10.4. The summed E-state index contributed by atoms with van der Waals surface area (Å²) in [6, 6.07) is 0. The van der Waals surface area contributed by atoms with Crippen LogP contribution in [-0.4, -0.2) is 22.8 Å². The van der Waals surface area contributed by atoms with Crippen molar-refractivity contribution in [2.75, 3.05) is 0 Å². The normalized spacial score (nSPS) is 54.6. The van der Waals surface area contributed by atoms with E-state index < -0.39 is 6.10 Å². The second-order valence-electron chi connectivity index (χ2n) is 8.90. The van der Waals surface area contributed by atoms with E-state index in [1.165, 1.54) is 0 Å². The highest BCUT2D eigenvalue weighted by atomic mass is 16.3. The fourth-order valence-electron chi connectivity index (χ4n) is 6.91. The predicted molar refractivity (Wildman–Crippen MR) is 83.1 cm³/mol. The van der Waals surface area contributed by atoms with Crippen molar-refractivity contribution in [1.29, 1.82) is 0 Å². The molecule has 4 fully saturated rings. The van der Waals surface area contributed by atoms with Crippen LogP contribution in [0.3, 0.4) is 0 Å². The van der Waals surface area contributed by atoms with E-state index in [0.29, 0.717) is 30.0 Å². The maximum absolute atomic E-state index is 12.4. The predicted octanol–water partition coefficient (Wildman–Crippen LogP) is 3.14. The summed E-state index contributed by atoms with van der Waals surface area (Å²) < 4.78 is 0. The molecule has 0 aromatic heterocycles. The van der Waals surface area contributed by atoms with Crippen molar-refractivity contribution < 1.29 is 14.7 Å². The largest absolute Gasteiger partial charge is 0.385 e. The zero-order valence-corrected chi connectivity index (χ0v) is 13.8. The molecule has 4 saturated carbocycles. The van der Waals surface area contributed by atoms with Gasteiger partial charge in [-0.25, -0.2) is 0 Å². The van der Waals surface area contributed by atoms with Gasteiger partial charge in [0.2, 0.25) is 0 Å². The average Bonchev–Trinajstić information content (AvgIpc) is 2.79. The molecule has 0 amide bonds. The first-order chi connectivity index (χ1) is 10.4. The summed E-state index contributed by atoms with van der Waals surface area (Å²) in [5.41, 5.74) is 0.0245. The molecule has 4 rings (SSSR count). The number of aliphatic hydroxyl groups is 1. The van der Waals surface area contributed by atoms with Crippen LogP contribution in [0.4, 0.5) is 0 Å². The zero-order valence-electron chi connectivity index (χ0n) is 13.8. The van der Waals surface area contributed by atoms with Crippen LogP contribution in [-0.2, 0) is 9.59 Å². The van der Waals surface area contributed by atoms with Gasteiger partial charge in [0.25, 0.3) is 0 Å². The molecule has 0 saturated heterocycles. The Bertz CT molecular complexity index is 527. The van der Waals surface area contributed by atoms with Gasteiger partial charge in [-0.1, -0.05) is 13.8 Å². The zero-order chi connectivity index (χ0) is 15.7. The van der Waals surface area contributed by atoms with Crippen LogP contribution in [0.5, 0.6) is 0 Å². The molecule has 0 spiro atoms. The van der Waals surface area contributed by atoms with Gasteiger partial charge >= 0.3 is 0 Å². The Labute approximate surface area is 132 Å². The number of rotatable bonds is 0. The molecule has 0 heterocycles. The van der Waals surface area contributed by atoms with Crippen molar-refractivity contribution >= 4 is 11.6 Å². The number of ketones is 2. The van der Waals surface area contributed by atoms with Crippen molar-refractivity contribution in [3.63, 3.8) is 0 Å². The fourth-order valence-corrected chi connectivity index (χ4v) is 6.91.